The molecule has 1 N–H and O–H groups in total. The number of para-hydroxylation sites is 1. The van der Waals surface area contributed by atoms with Crippen molar-refractivity contribution in [1.29, 1.82) is 0 Å². The van der Waals surface area contributed by atoms with Crippen LogP contribution < -0.4 is 5.32 Å². The smallest absolute Gasteiger partial charge is 0.146 e. The maximum atomic E-state index is 13.4. The zero-order valence-corrected chi connectivity index (χ0v) is 9.49. The number of anilines is 1. The average Bonchev–Trinajstić information content (AvgIpc) is 2.38. The fourth-order valence-corrected chi connectivity index (χ4v) is 1.69. The molecular weight excluding hydrogens is 213 g/mol. The molecule has 0 aliphatic carbocycles. The zero-order chi connectivity index (χ0) is 12.1. The van der Waals surface area contributed by atoms with Crippen LogP contribution in [0.15, 0.2) is 55.1 Å². The summed E-state index contributed by atoms with van der Waals surface area (Å²) in [4.78, 5) is 0. The molecule has 0 aromatic heterocycles. The molecule has 0 spiro atoms. The Morgan fingerprint density at radius 2 is 1.76 bits per heavy atom. The van der Waals surface area contributed by atoms with Crippen LogP contribution in [0.25, 0.3) is 6.08 Å². The number of hydrogen-bond acceptors (Lipinski definition) is 1. The molecule has 1 nitrogen and oxygen atoms in total. The lowest BCUT2D eigenvalue weighted by Gasteiger charge is -2.09. The Balaban J connectivity index is 2.13. The van der Waals surface area contributed by atoms with Gasteiger partial charge in [-0.1, -0.05) is 49.1 Å². The lowest BCUT2D eigenvalue weighted by Crippen LogP contribution is -2.02. The molecule has 0 fully saturated rings. The van der Waals surface area contributed by atoms with Crippen LogP contribution in [-0.2, 0) is 6.54 Å². The van der Waals surface area contributed by atoms with Gasteiger partial charge >= 0.3 is 0 Å². The monoisotopic (exact) mass is 227 g/mol. The van der Waals surface area contributed by atoms with Crippen molar-refractivity contribution < 1.29 is 4.39 Å². The van der Waals surface area contributed by atoms with Crippen LogP contribution in [0, 0.1) is 5.82 Å². The summed E-state index contributed by atoms with van der Waals surface area (Å²) in [6, 6.07) is 14.6. The van der Waals surface area contributed by atoms with Crippen molar-refractivity contribution in [3.63, 3.8) is 0 Å². The topological polar surface area (TPSA) is 12.0 Å². The van der Waals surface area contributed by atoms with E-state index in [0.29, 0.717) is 12.2 Å². The van der Waals surface area contributed by atoms with Gasteiger partial charge < -0.3 is 5.32 Å². The Kier molecular flexibility index (Phi) is 3.55. The summed E-state index contributed by atoms with van der Waals surface area (Å²) in [5.41, 5.74) is 2.69. The number of rotatable bonds is 4. The third-order valence-corrected chi connectivity index (χ3v) is 2.62. The van der Waals surface area contributed by atoms with E-state index in [2.05, 4.69) is 11.9 Å². The minimum Gasteiger partial charge on any atom is -0.379 e. The normalized spacial score (nSPS) is 9.94. The van der Waals surface area contributed by atoms with E-state index in [9.17, 15) is 4.39 Å². The predicted octanol–water partition coefficient (Wildman–Crippen LogP) is 4.08. The maximum absolute atomic E-state index is 13.4. The summed E-state index contributed by atoms with van der Waals surface area (Å²) >= 11 is 0. The minimum atomic E-state index is -0.233. The Hall–Kier alpha value is -2.09. The lowest BCUT2D eigenvalue weighted by molar-refractivity contribution is 0.630. The number of benzene rings is 2. The van der Waals surface area contributed by atoms with Gasteiger partial charge in [0.25, 0.3) is 0 Å². The fraction of sp³-hybridized carbons (Fsp3) is 0.0667. The van der Waals surface area contributed by atoms with Crippen LogP contribution in [0.4, 0.5) is 10.1 Å². The van der Waals surface area contributed by atoms with E-state index in [1.165, 1.54) is 6.07 Å². The highest BCUT2D eigenvalue weighted by atomic mass is 19.1. The van der Waals surface area contributed by atoms with E-state index in [-0.39, 0.29) is 5.82 Å². The van der Waals surface area contributed by atoms with Crippen molar-refractivity contribution in [1.82, 2.24) is 0 Å². The molecule has 0 amide bonds. The highest BCUT2D eigenvalue weighted by Crippen LogP contribution is 2.16. The summed E-state index contributed by atoms with van der Waals surface area (Å²) in [6.07, 6.45) is 1.80. The zero-order valence-electron chi connectivity index (χ0n) is 9.49. The lowest BCUT2D eigenvalue weighted by atomic mass is 10.1. The largest absolute Gasteiger partial charge is 0.379 e. The molecule has 17 heavy (non-hydrogen) atoms. The van der Waals surface area contributed by atoms with Crippen LogP contribution in [0.2, 0.25) is 0 Å². The molecule has 0 saturated carbocycles. The van der Waals surface area contributed by atoms with Gasteiger partial charge in [0.05, 0.1) is 5.69 Å². The van der Waals surface area contributed by atoms with Crippen LogP contribution >= 0.6 is 0 Å². The van der Waals surface area contributed by atoms with Gasteiger partial charge in [-0.15, -0.1) is 0 Å². The van der Waals surface area contributed by atoms with Crippen LogP contribution in [0.1, 0.15) is 11.1 Å². The average molecular weight is 227 g/mol. The second kappa shape index (κ2) is 5.30. The van der Waals surface area contributed by atoms with Gasteiger partial charge in [0.2, 0.25) is 0 Å². The molecule has 2 heteroatoms. The Morgan fingerprint density at radius 1 is 1.06 bits per heavy atom. The first-order valence-electron chi connectivity index (χ1n) is 5.50. The summed E-state index contributed by atoms with van der Waals surface area (Å²) in [5.74, 6) is -0.233. The number of halogens is 1. The first kappa shape index (κ1) is 11.4. The molecule has 2 aromatic rings. The van der Waals surface area contributed by atoms with Gasteiger partial charge in [-0.2, -0.15) is 0 Å². The van der Waals surface area contributed by atoms with Gasteiger partial charge in [-0.25, -0.2) is 4.39 Å². The molecule has 86 valence electrons. The molecule has 0 aliphatic rings. The van der Waals surface area contributed by atoms with Crippen molar-refractivity contribution in [2.75, 3.05) is 5.32 Å². The standard InChI is InChI=1S/C15H14FN/c1-2-12-7-3-4-8-13(12)11-17-15-10-6-5-9-14(15)16/h2-10,17H,1,11H2. The first-order valence-corrected chi connectivity index (χ1v) is 5.50. The number of nitrogens with one attached hydrogen (secondary N) is 1. The molecular formula is C15H14FN. The van der Waals surface area contributed by atoms with E-state index in [1.54, 1.807) is 18.2 Å². The summed E-state index contributed by atoms with van der Waals surface area (Å²) in [5, 5.41) is 3.08. The van der Waals surface area contributed by atoms with Crippen molar-refractivity contribution in [2.45, 2.75) is 6.54 Å². The molecule has 0 heterocycles. The Labute approximate surface area is 101 Å². The summed E-state index contributed by atoms with van der Waals surface area (Å²) in [7, 11) is 0. The maximum Gasteiger partial charge on any atom is 0.146 e. The summed E-state index contributed by atoms with van der Waals surface area (Å²) < 4.78 is 13.4. The summed E-state index contributed by atoms with van der Waals surface area (Å²) in [6.45, 7) is 4.35. The van der Waals surface area contributed by atoms with Gasteiger partial charge in [0.15, 0.2) is 0 Å². The quantitative estimate of drug-likeness (QED) is 0.829. The third kappa shape index (κ3) is 2.72. The van der Waals surface area contributed by atoms with Crippen molar-refractivity contribution in [2.24, 2.45) is 0 Å². The van der Waals surface area contributed by atoms with Crippen LogP contribution in [-0.4, -0.2) is 0 Å². The molecule has 0 bridgehead atoms. The molecule has 0 radical (unpaired) electrons. The van der Waals surface area contributed by atoms with Crippen molar-refractivity contribution in [3.05, 3.63) is 72.1 Å². The minimum absolute atomic E-state index is 0.233. The van der Waals surface area contributed by atoms with Crippen molar-refractivity contribution >= 4 is 11.8 Å². The molecule has 0 atom stereocenters. The van der Waals surface area contributed by atoms with E-state index in [0.717, 1.165) is 11.1 Å². The molecule has 2 rings (SSSR count). The second-order valence-electron chi connectivity index (χ2n) is 3.74. The van der Waals surface area contributed by atoms with E-state index in [1.807, 2.05) is 30.3 Å². The third-order valence-electron chi connectivity index (χ3n) is 2.62. The highest BCUT2D eigenvalue weighted by molar-refractivity contribution is 5.53. The Morgan fingerprint density at radius 3 is 2.53 bits per heavy atom. The fourth-order valence-electron chi connectivity index (χ4n) is 1.69. The molecule has 0 unspecified atom stereocenters. The van der Waals surface area contributed by atoms with Gasteiger partial charge in [-0.3, -0.25) is 0 Å². The first-order chi connectivity index (χ1) is 8.31. The number of hydrogen-bond donors (Lipinski definition) is 1. The molecule has 0 saturated heterocycles. The van der Waals surface area contributed by atoms with E-state index < -0.39 is 0 Å². The van der Waals surface area contributed by atoms with Crippen molar-refractivity contribution in [3.8, 4) is 0 Å². The molecule has 2 aromatic carbocycles. The molecule has 0 aliphatic heterocycles. The van der Waals surface area contributed by atoms with Crippen LogP contribution in [0.5, 0.6) is 0 Å². The van der Waals surface area contributed by atoms with Gasteiger partial charge in [0, 0.05) is 6.54 Å². The van der Waals surface area contributed by atoms with E-state index >= 15 is 0 Å². The Bertz CT molecular complexity index is 520. The van der Waals surface area contributed by atoms with Gasteiger partial charge in [-0.05, 0) is 23.3 Å². The predicted molar refractivity (Wildman–Crippen MR) is 70.3 cm³/mol. The highest BCUT2D eigenvalue weighted by Gasteiger charge is 2.01. The second-order valence-corrected chi connectivity index (χ2v) is 3.74. The van der Waals surface area contributed by atoms with E-state index in [4.69, 9.17) is 0 Å². The van der Waals surface area contributed by atoms with Gasteiger partial charge in [0.1, 0.15) is 5.82 Å². The van der Waals surface area contributed by atoms with Crippen LogP contribution in [0.3, 0.4) is 0 Å². The SMILES string of the molecule is C=Cc1ccccc1CNc1ccccc1F.